The van der Waals surface area contributed by atoms with Gasteiger partial charge in [-0.05, 0) is 48.0 Å². The van der Waals surface area contributed by atoms with Gasteiger partial charge in [0.25, 0.3) is 0 Å². The molecule has 0 N–H and O–H groups in total. The summed E-state index contributed by atoms with van der Waals surface area (Å²) < 4.78 is 14.1. The van der Waals surface area contributed by atoms with E-state index in [9.17, 15) is 0 Å². The molecule has 106 valence electrons. The second-order valence-corrected chi connectivity index (χ2v) is 6.97. The minimum absolute atomic E-state index is 0.0158. The van der Waals surface area contributed by atoms with E-state index in [-0.39, 0.29) is 23.9 Å². The topological polar surface area (TPSA) is 36.3 Å². The molecule has 2 heterocycles. The van der Waals surface area contributed by atoms with E-state index in [0.29, 0.717) is 0 Å². The zero-order valence-electron chi connectivity index (χ0n) is 13.2. The standard InChI is InChI=1S/C14H25BN2O2/c1-8-12(2,3)17-10-11(9-16-17)15-18-13(4,5)14(6,7)19-15/h9-10H,8H2,1-7H3. The molecule has 1 aliphatic rings. The van der Waals surface area contributed by atoms with Crippen LogP contribution in [0.1, 0.15) is 54.9 Å². The summed E-state index contributed by atoms with van der Waals surface area (Å²) in [5, 5.41) is 4.46. The van der Waals surface area contributed by atoms with Gasteiger partial charge in [0, 0.05) is 17.9 Å². The Morgan fingerprint density at radius 2 is 1.74 bits per heavy atom. The normalized spacial score (nSPS) is 21.9. The summed E-state index contributed by atoms with van der Waals surface area (Å²) in [5.74, 6) is 0. The first-order chi connectivity index (χ1) is 8.59. The molecule has 0 aromatic carbocycles. The highest BCUT2D eigenvalue weighted by atomic mass is 16.7. The lowest BCUT2D eigenvalue weighted by Crippen LogP contribution is -2.41. The van der Waals surface area contributed by atoms with E-state index in [1.807, 2.05) is 17.1 Å². The summed E-state index contributed by atoms with van der Waals surface area (Å²) in [7, 11) is -0.327. The van der Waals surface area contributed by atoms with Crippen molar-refractivity contribution in [2.75, 3.05) is 0 Å². The lowest BCUT2D eigenvalue weighted by molar-refractivity contribution is 0.00578. The van der Waals surface area contributed by atoms with E-state index in [4.69, 9.17) is 9.31 Å². The third kappa shape index (κ3) is 2.46. The average molecular weight is 264 g/mol. The second-order valence-electron chi connectivity index (χ2n) is 6.97. The van der Waals surface area contributed by atoms with Gasteiger partial charge in [-0.3, -0.25) is 4.68 Å². The fourth-order valence-electron chi connectivity index (χ4n) is 1.93. The van der Waals surface area contributed by atoms with Crippen molar-refractivity contribution in [3.63, 3.8) is 0 Å². The highest BCUT2D eigenvalue weighted by Gasteiger charge is 2.52. The molecule has 1 aliphatic heterocycles. The minimum Gasteiger partial charge on any atom is -0.399 e. The molecule has 0 saturated carbocycles. The zero-order chi connectivity index (χ0) is 14.5. The van der Waals surface area contributed by atoms with E-state index in [1.54, 1.807) is 0 Å². The Labute approximate surface area is 116 Å². The van der Waals surface area contributed by atoms with E-state index < -0.39 is 0 Å². The van der Waals surface area contributed by atoms with Crippen molar-refractivity contribution in [1.82, 2.24) is 9.78 Å². The first-order valence-corrected chi connectivity index (χ1v) is 7.00. The number of hydrogen-bond acceptors (Lipinski definition) is 3. The SMILES string of the molecule is CCC(C)(C)n1cc(B2OC(C)(C)C(C)(C)O2)cn1. The van der Waals surface area contributed by atoms with E-state index >= 15 is 0 Å². The van der Waals surface area contributed by atoms with Gasteiger partial charge in [0.2, 0.25) is 0 Å². The Bertz CT molecular complexity index is 450. The molecule has 4 nitrogen and oxygen atoms in total. The Kier molecular flexibility index (Phi) is 3.34. The molecule has 0 atom stereocenters. The molecule has 0 radical (unpaired) electrons. The number of nitrogens with zero attached hydrogens (tertiary/aromatic N) is 2. The molecular formula is C14H25BN2O2. The summed E-state index contributed by atoms with van der Waals surface area (Å²) >= 11 is 0. The van der Waals surface area contributed by atoms with Crippen molar-refractivity contribution in [2.45, 2.75) is 71.6 Å². The maximum absolute atomic E-state index is 6.03. The third-order valence-corrected chi connectivity index (χ3v) is 4.61. The zero-order valence-corrected chi connectivity index (χ0v) is 13.2. The quantitative estimate of drug-likeness (QED) is 0.786. The molecule has 1 aromatic rings. The summed E-state index contributed by atoms with van der Waals surface area (Å²) in [5.41, 5.74) is 0.391. The Morgan fingerprint density at radius 1 is 1.21 bits per heavy atom. The van der Waals surface area contributed by atoms with E-state index in [0.717, 1.165) is 11.9 Å². The maximum Gasteiger partial charge on any atom is 0.498 e. The van der Waals surface area contributed by atoms with Crippen LogP contribution in [0.4, 0.5) is 0 Å². The fourth-order valence-corrected chi connectivity index (χ4v) is 1.93. The smallest absolute Gasteiger partial charge is 0.399 e. The predicted molar refractivity (Wildman–Crippen MR) is 77.6 cm³/mol. The highest BCUT2D eigenvalue weighted by Crippen LogP contribution is 2.36. The largest absolute Gasteiger partial charge is 0.498 e. The molecule has 5 heteroatoms. The van der Waals surface area contributed by atoms with Crippen molar-refractivity contribution in [1.29, 1.82) is 0 Å². The molecule has 1 saturated heterocycles. The average Bonchev–Trinajstić information content (AvgIpc) is 2.83. The highest BCUT2D eigenvalue weighted by molar-refractivity contribution is 6.62. The molecule has 1 aromatic heterocycles. The van der Waals surface area contributed by atoms with Crippen molar-refractivity contribution in [2.24, 2.45) is 0 Å². The summed E-state index contributed by atoms with van der Waals surface area (Å²) in [4.78, 5) is 0. The van der Waals surface area contributed by atoms with Crippen molar-refractivity contribution >= 4 is 12.6 Å². The Balaban J connectivity index is 2.22. The first-order valence-electron chi connectivity index (χ1n) is 7.00. The van der Waals surface area contributed by atoms with Gasteiger partial charge < -0.3 is 9.31 Å². The van der Waals surface area contributed by atoms with Crippen LogP contribution in [0.2, 0.25) is 0 Å². The van der Waals surface area contributed by atoms with Crippen LogP contribution in [0.3, 0.4) is 0 Å². The Morgan fingerprint density at radius 3 is 2.21 bits per heavy atom. The summed E-state index contributed by atoms with van der Waals surface area (Å²) in [6.07, 6.45) is 4.91. The number of hydrogen-bond donors (Lipinski definition) is 0. The van der Waals surface area contributed by atoms with Crippen LogP contribution >= 0.6 is 0 Å². The van der Waals surface area contributed by atoms with Crippen molar-refractivity contribution < 1.29 is 9.31 Å². The van der Waals surface area contributed by atoms with Crippen molar-refractivity contribution in [3.8, 4) is 0 Å². The van der Waals surface area contributed by atoms with Gasteiger partial charge in [0.05, 0.1) is 16.7 Å². The van der Waals surface area contributed by atoms with Crippen LogP contribution in [-0.2, 0) is 14.8 Å². The first kappa shape index (κ1) is 14.6. The van der Waals surface area contributed by atoms with Crippen LogP contribution in [0, 0.1) is 0 Å². The van der Waals surface area contributed by atoms with Crippen LogP contribution in [0.25, 0.3) is 0 Å². The molecule has 0 aliphatic carbocycles. The second kappa shape index (κ2) is 4.35. The molecule has 0 bridgehead atoms. The predicted octanol–water partition coefficient (Wildman–Crippen LogP) is 2.33. The van der Waals surface area contributed by atoms with Gasteiger partial charge >= 0.3 is 7.12 Å². The van der Waals surface area contributed by atoms with E-state index in [1.165, 1.54) is 0 Å². The molecule has 0 amide bonds. The molecule has 1 fully saturated rings. The van der Waals surface area contributed by atoms with Gasteiger partial charge in [0.15, 0.2) is 0 Å². The molecular weight excluding hydrogens is 239 g/mol. The lowest BCUT2D eigenvalue weighted by Gasteiger charge is -2.32. The third-order valence-electron chi connectivity index (χ3n) is 4.61. The Hall–Kier alpha value is -0.805. The number of aromatic nitrogens is 2. The summed E-state index contributed by atoms with van der Waals surface area (Å²) in [6, 6.07) is 0. The van der Waals surface area contributed by atoms with Gasteiger partial charge in [-0.15, -0.1) is 0 Å². The van der Waals surface area contributed by atoms with Crippen LogP contribution < -0.4 is 5.46 Å². The van der Waals surface area contributed by atoms with Crippen LogP contribution in [0.5, 0.6) is 0 Å². The van der Waals surface area contributed by atoms with Crippen LogP contribution in [-0.4, -0.2) is 28.1 Å². The summed E-state index contributed by atoms with van der Waals surface area (Å²) in [6.45, 7) is 14.8. The van der Waals surface area contributed by atoms with Crippen molar-refractivity contribution in [3.05, 3.63) is 12.4 Å². The fraction of sp³-hybridized carbons (Fsp3) is 0.786. The number of rotatable bonds is 3. The van der Waals surface area contributed by atoms with E-state index in [2.05, 4.69) is 53.6 Å². The van der Waals surface area contributed by atoms with Gasteiger partial charge in [-0.1, -0.05) is 6.92 Å². The maximum atomic E-state index is 6.03. The molecule has 2 rings (SSSR count). The van der Waals surface area contributed by atoms with Gasteiger partial charge in [0.1, 0.15) is 0 Å². The van der Waals surface area contributed by atoms with Gasteiger partial charge in [-0.2, -0.15) is 5.10 Å². The lowest BCUT2D eigenvalue weighted by atomic mass is 9.82. The molecule has 0 unspecified atom stereocenters. The monoisotopic (exact) mass is 264 g/mol. The minimum atomic E-state index is -0.327. The molecule has 19 heavy (non-hydrogen) atoms. The molecule has 0 spiro atoms. The van der Waals surface area contributed by atoms with Crippen LogP contribution in [0.15, 0.2) is 12.4 Å². The van der Waals surface area contributed by atoms with Gasteiger partial charge in [-0.25, -0.2) is 0 Å².